The first kappa shape index (κ1) is 13.3. The fourth-order valence-electron chi connectivity index (χ4n) is 1.22. The van der Waals surface area contributed by atoms with E-state index in [1.165, 1.54) is 0 Å². The van der Waals surface area contributed by atoms with Gasteiger partial charge in [-0.1, -0.05) is 20.8 Å². The van der Waals surface area contributed by atoms with Crippen LogP contribution in [0.5, 0.6) is 0 Å². The predicted molar refractivity (Wildman–Crippen MR) is 60.4 cm³/mol. The summed E-state index contributed by atoms with van der Waals surface area (Å²) in [5.41, 5.74) is 0.568. The summed E-state index contributed by atoms with van der Waals surface area (Å²) in [5.74, 6) is -0.102. The SMILES string of the molecule is CC=N/C(CN(CC)CC)=C(/F)CC. The molecule has 82 valence electrons. The molecule has 3 heteroatoms. The van der Waals surface area contributed by atoms with Gasteiger partial charge in [0.25, 0.3) is 0 Å². The summed E-state index contributed by atoms with van der Waals surface area (Å²) in [6.07, 6.45) is 2.07. The summed E-state index contributed by atoms with van der Waals surface area (Å²) < 4.78 is 13.4. The molecule has 0 N–H and O–H groups in total. The molecule has 0 aromatic heterocycles. The smallest absolute Gasteiger partial charge is 0.122 e. The number of hydrogen-bond acceptors (Lipinski definition) is 2. The molecule has 0 spiro atoms. The zero-order valence-corrected chi connectivity index (χ0v) is 9.68. The van der Waals surface area contributed by atoms with Crippen LogP contribution < -0.4 is 0 Å². The lowest BCUT2D eigenvalue weighted by atomic mass is 10.3. The number of halogens is 1. The molecule has 0 radical (unpaired) electrons. The van der Waals surface area contributed by atoms with Gasteiger partial charge in [0.1, 0.15) is 5.83 Å². The van der Waals surface area contributed by atoms with Crippen LogP contribution in [0.3, 0.4) is 0 Å². The largest absolute Gasteiger partial charge is 0.298 e. The summed E-state index contributed by atoms with van der Waals surface area (Å²) in [4.78, 5) is 6.22. The Kier molecular flexibility index (Phi) is 7.30. The first-order chi connectivity index (χ1) is 6.69. The van der Waals surface area contributed by atoms with Crippen molar-refractivity contribution < 1.29 is 4.39 Å². The van der Waals surface area contributed by atoms with Crippen molar-refractivity contribution in [1.82, 2.24) is 4.90 Å². The van der Waals surface area contributed by atoms with E-state index >= 15 is 0 Å². The van der Waals surface area contributed by atoms with Crippen molar-refractivity contribution in [2.75, 3.05) is 19.6 Å². The maximum absolute atomic E-state index is 13.4. The summed E-state index contributed by atoms with van der Waals surface area (Å²) >= 11 is 0. The van der Waals surface area contributed by atoms with Crippen LogP contribution in [-0.4, -0.2) is 30.7 Å². The van der Waals surface area contributed by atoms with Crippen molar-refractivity contribution in [3.8, 4) is 0 Å². The maximum Gasteiger partial charge on any atom is 0.122 e. The minimum atomic E-state index is -0.102. The van der Waals surface area contributed by atoms with Crippen molar-refractivity contribution in [2.24, 2.45) is 4.99 Å². The molecule has 0 saturated heterocycles. The quantitative estimate of drug-likeness (QED) is 0.602. The predicted octanol–water partition coefficient (Wildman–Crippen LogP) is 3.01. The van der Waals surface area contributed by atoms with Gasteiger partial charge >= 0.3 is 0 Å². The first-order valence-corrected chi connectivity index (χ1v) is 5.28. The molecule has 2 nitrogen and oxygen atoms in total. The number of rotatable bonds is 6. The zero-order chi connectivity index (χ0) is 11.0. The van der Waals surface area contributed by atoms with Crippen LogP contribution in [-0.2, 0) is 0 Å². The Morgan fingerprint density at radius 1 is 1.29 bits per heavy atom. The highest BCUT2D eigenvalue weighted by molar-refractivity contribution is 5.55. The molecule has 0 saturated carbocycles. The summed E-state index contributed by atoms with van der Waals surface area (Å²) in [5, 5.41) is 0. The lowest BCUT2D eigenvalue weighted by molar-refractivity contribution is 0.324. The Hall–Kier alpha value is -0.700. The second kappa shape index (κ2) is 7.68. The standard InChI is InChI=1S/C11H21FN2/c1-5-10(12)11(13-6-2)9-14(7-3)8-4/h6H,5,7-9H2,1-4H3/b11-10+,13-6?. The Bertz CT molecular complexity index is 205. The third-order valence-corrected chi connectivity index (χ3v) is 2.18. The normalized spacial score (nSPS) is 13.9. The molecule has 0 fully saturated rings. The third-order valence-electron chi connectivity index (χ3n) is 2.18. The molecule has 0 aliphatic rings. The van der Waals surface area contributed by atoms with Crippen molar-refractivity contribution in [3.05, 3.63) is 11.5 Å². The van der Waals surface area contributed by atoms with Gasteiger partial charge in [0.2, 0.25) is 0 Å². The van der Waals surface area contributed by atoms with Crippen molar-refractivity contribution >= 4 is 6.21 Å². The second-order valence-electron chi connectivity index (χ2n) is 3.05. The van der Waals surface area contributed by atoms with E-state index in [1.807, 2.05) is 13.8 Å². The average molecular weight is 200 g/mol. The topological polar surface area (TPSA) is 15.6 Å². The number of aliphatic imine (C=N–C) groups is 1. The van der Waals surface area contributed by atoms with Crippen LogP contribution in [0.2, 0.25) is 0 Å². The van der Waals surface area contributed by atoms with E-state index in [4.69, 9.17) is 0 Å². The molecule has 0 heterocycles. The summed E-state index contributed by atoms with van der Waals surface area (Å²) in [6, 6.07) is 0. The molecule has 0 aliphatic carbocycles. The van der Waals surface area contributed by atoms with E-state index in [0.29, 0.717) is 18.7 Å². The Morgan fingerprint density at radius 3 is 2.21 bits per heavy atom. The zero-order valence-electron chi connectivity index (χ0n) is 9.68. The van der Waals surface area contributed by atoms with E-state index in [2.05, 4.69) is 23.7 Å². The molecule has 0 bridgehead atoms. The number of nitrogens with zero attached hydrogens (tertiary/aromatic N) is 2. The maximum atomic E-state index is 13.4. The molecule has 14 heavy (non-hydrogen) atoms. The Morgan fingerprint density at radius 2 is 1.86 bits per heavy atom. The summed E-state index contributed by atoms with van der Waals surface area (Å²) in [7, 11) is 0. The molecular formula is C11H21FN2. The van der Waals surface area contributed by atoms with E-state index in [9.17, 15) is 4.39 Å². The average Bonchev–Trinajstić information content (AvgIpc) is 2.23. The third kappa shape index (κ3) is 4.51. The lowest BCUT2D eigenvalue weighted by Gasteiger charge is -2.18. The van der Waals surface area contributed by atoms with E-state index in [-0.39, 0.29) is 5.83 Å². The first-order valence-electron chi connectivity index (χ1n) is 5.28. The highest BCUT2D eigenvalue weighted by Gasteiger charge is 2.07. The van der Waals surface area contributed by atoms with Gasteiger partial charge in [-0.3, -0.25) is 9.89 Å². The monoisotopic (exact) mass is 200 g/mol. The van der Waals surface area contributed by atoms with E-state index in [1.54, 1.807) is 6.21 Å². The molecule has 0 unspecified atom stereocenters. The lowest BCUT2D eigenvalue weighted by Crippen LogP contribution is -2.25. The van der Waals surface area contributed by atoms with Crippen molar-refractivity contribution in [3.63, 3.8) is 0 Å². The fourth-order valence-corrected chi connectivity index (χ4v) is 1.22. The van der Waals surface area contributed by atoms with Gasteiger partial charge in [-0.05, 0) is 26.4 Å². The molecule has 0 aromatic rings. The molecule has 0 amide bonds. The second-order valence-corrected chi connectivity index (χ2v) is 3.05. The van der Waals surface area contributed by atoms with Crippen molar-refractivity contribution in [1.29, 1.82) is 0 Å². The fraction of sp³-hybridized carbons (Fsp3) is 0.727. The molecular weight excluding hydrogens is 179 g/mol. The van der Waals surface area contributed by atoms with Crippen LogP contribution in [0.1, 0.15) is 34.1 Å². The van der Waals surface area contributed by atoms with Gasteiger partial charge in [-0.15, -0.1) is 0 Å². The minimum absolute atomic E-state index is 0.102. The molecule has 0 aromatic carbocycles. The Labute approximate surface area is 86.5 Å². The Balaban J connectivity index is 4.52. The number of likely N-dealkylation sites (N-methyl/N-ethyl adjacent to an activating group) is 1. The van der Waals surface area contributed by atoms with Gasteiger partial charge in [-0.2, -0.15) is 0 Å². The molecule has 0 rings (SSSR count). The molecule has 0 atom stereocenters. The summed E-state index contributed by atoms with van der Waals surface area (Å²) in [6.45, 7) is 10.2. The van der Waals surface area contributed by atoms with Crippen LogP contribution >= 0.6 is 0 Å². The minimum Gasteiger partial charge on any atom is -0.298 e. The number of allylic oxidation sites excluding steroid dienone is 1. The van der Waals surface area contributed by atoms with Crippen LogP contribution in [0, 0.1) is 0 Å². The highest BCUT2D eigenvalue weighted by atomic mass is 19.1. The number of hydrogen-bond donors (Lipinski definition) is 0. The van der Waals surface area contributed by atoms with Gasteiger partial charge in [0.15, 0.2) is 0 Å². The van der Waals surface area contributed by atoms with Crippen LogP contribution in [0.25, 0.3) is 0 Å². The van der Waals surface area contributed by atoms with Gasteiger partial charge < -0.3 is 0 Å². The van der Waals surface area contributed by atoms with E-state index < -0.39 is 0 Å². The van der Waals surface area contributed by atoms with Crippen LogP contribution in [0.15, 0.2) is 16.5 Å². The van der Waals surface area contributed by atoms with Crippen molar-refractivity contribution in [2.45, 2.75) is 34.1 Å². The highest BCUT2D eigenvalue weighted by Crippen LogP contribution is 2.12. The van der Waals surface area contributed by atoms with E-state index in [0.717, 1.165) is 13.1 Å². The molecule has 0 aliphatic heterocycles. The van der Waals surface area contributed by atoms with Gasteiger partial charge in [-0.25, -0.2) is 4.39 Å². The van der Waals surface area contributed by atoms with Crippen LogP contribution in [0.4, 0.5) is 4.39 Å². The van der Waals surface area contributed by atoms with Gasteiger partial charge in [0, 0.05) is 12.8 Å². The van der Waals surface area contributed by atoms with Gasteiger partial charge in [0.05, 0.1) is 5.70 Å².